The van der Waals surface area contributed by atoms with Crippen molar-refractivity contribution >= 4 is 16.6 Å². The summed E-state index contributed by atoms with van der Waals surface area (Å²) in [7, 11) is 0. The summed E-state index contributed by atoms with van der Waals surface area (Å²) in [5, 5.41) is 2.30. The molecule has 1 unspecified atom stereocenters. The zero-order chi connectivity index (χ0) is 15.4. The number of hydrogen-bond acceptors (Lipinski definition) is 1. The number of carbonyl (C=O) groups is 1. The van der Waals surface area contributed by atoms with Crippen LogP contribution in [0.15, 0.2) is 72.8 Å². The standard InChI is InChI=1S/C21H20O/c1-2-16(17-8-4-3-5-9-17)15-21(22)20-13-12-18-10-6-7-11-19(18)14-20/h3-14,16H,2,15H2,1H3. The topological polar surface area (TPSA) is 17.1 Å². The van der Waals surface area contributed by atoms with Crippen molar-refractivity contribution in [2.24, 2.45) is 0 Å². The Kier molecular flexibility index (Phi) is 4.34. The van der Waals surface area contributed by atoms with Gasteiger partial charge >= 0.3 is 0 Å². The molecule has 3 aromatic carbocycles. The molecule has 0 heterocycles. The third-order valence-electron chi connectivity index (χ3n) is 4.27. The lowest BCUT2D eigenvalue weighted by Crippen LogP contribution is -2.07. The molecule has 0 saturated carbocycles. The number of ketones is 1. The van der Waals surface area contributed by atoms with Crippen LogP contribution in [0.25, 0.3) is 10.8 Å². The minimum absolute atomic E-state index is 0.224. The third kappa shape index (κ3) is 3.09. The highest BCUT2D eigenvalue weighted by Gasteiger charge is 2.15. The van der Waals surface area contributed by atoms with Crippen LogP contribution in [0.4, 0.5) is 0 Å². The van der Waals surface area contributed by atoms with E-state index < -0.39 is 0 Å². The summed E-state index contributed by atoms with van der Waals surface area (Å²) in [6.45, 7) is 2.14. The van der Waals surface area contributed by atoms with Crippen LogP contribution >= 0.6 is 0 Å². The molecule has 0 spiro atoms. The normalized spacial score (nSPS) is 12.2. The van der Waals surface area contributed by atoms with Crippen molar-refractivity contribution in [3.05, 3.63) is 83.9 Å². The van der Waals surface area contributed by atoms with Gasteiger partial charge in [-0.3, -0.25) is 4.79 Å². The first-order valence-corrected chi connectivity index (χ1v) is 7.85. The largest absolute Gasteiger partial charge is 0.294 e. The van der Waals surface area contributed by atoms with Crippen LogP contribution in [-0.2, 0) is 0 Å². The lowest BCUT2D eigenvalue weighted by atomic mass is 9.89. The van der Waals surface area contributed by atoms with Crippen molar-refractivity contribution in [1.29, 1.82) is 0 Å². The average Bonchev–Trinajstić information content (AvgIpc) is 2.59. The molecule has 0 radical (unpaired) electrons. The molecule has 3 rings (SSSR count). The van der Waals surface area contributed by atoms with Gasteiger partial charge in [0.2, 0.25) is 0 Å². The van der Waals surface area contributed by atoms with Crippen molar-refractivity contribution in [3.63, 3.8) is 0 Å². The van der Waals surface area contributed by atoms with Crippen molar-refractivity contribution < 1.29 is 4.79 Å². The molecule has 0 fully saturated rings. The van der Waals surface area contributed by atoms with Gasteiger partial charge in [-0.15, -0.1) is 0 Å². The molecular weight excluding hydrogens is 268 g/mol. The SMILES string of the molecule is CCC(CC(=O)c1ccc2ccccc2c1)c1ccccc1. The molecule has 3 aromatic rings. The zero-order valence-electron chi connectivity index (χ0n) is 12.8. The molecule has 1 heteroatoms. The molecule has 0 saturated heterocycles. The number of carbonyl (C=O) groups excluding carboxylic acids is 1. The van der Waals surface area contributed by atoms with Gasteiger partial charge in [0.15, 0.2) is 5.78 Å². The van der Waals surface area contributed by atoms with Gasteiger partial charge in [0.05, 0.1) is 0 Å². The Hall–Kier alpha value is -2.41. The zero-order valence-corrected chi connectivity index (χ0v) is 12.8. The Bertz CT molecular complexity index is 774. The Labute approximate surface area is 131 Å². The first kappa shape index (κ1) is 14.5. The third-order valence-corrected chi connectivity index (χ3v) is 4.27. The Morgan fingerprint density at radius 3 is 2.27 bits per heavy atom. The van der Waals surface area contributed by atoms with Crippen LogP contribution in [0.2, 0.25) is 0 Å². The van der Waals surface area contributed by atoms with Gasteiger partial charge in [-0.1, -0.05) is 73.7 Å². The number of hydrogen-bond donors (Lipinski definition) is 0. The Morgan fingerprint density at radius 1 is 0.864 bits per heavy atom. The average molecular weight is 288 g/mol. The van der Waals surface area contributed by atoms with Crippen LogP contribution in [-0.4, -0.2) is 5.78 Å². The van der Waals surface area contributed by atoms with E-state index in [4.69, 9.17) is 0 Å². The first-order valence-electron chi connectivity index (χ1n) is 7.85. The van der Waals surface area contributed by atoms with Gasteiger partial charge in [-0.25, -0.2) is 0 Å². The van der Waals surface area contributed by atoms with E-state index in [1.54, 1.807) is 0 Å². The number of rotatable bonds is 5. The van der Waals surface area contributed by atoms with Crippen LogP contribution in [0.3, 0.4) is 0 Å². The molecule has 0 aromatic heterocycles. The predicted octanol–water partition coefficient (Wildman–Crippen LogP) is 5.61. The fourth-order valence-corrected chi connectivity index (χ4v) is 2.93. The first-order chi connectivity index (χ1) is 10.8. The maximum absolute atomic E-state index is 12.6. The van der Waals surface area contributed by atoms with Crippen molar-refractivity contribution in [2.75, 3.05) is 0 Å². The predicted molar refractivity (Wildman–Crippen MR) is 92.4 cm³/mol. The van der Waals surface area contributed by atoms with Gasteiger partial charge in [-0.05, 0) is 34.7 Å². The molecule has 0 aliphatic carbocycles. The fraction of sp³-hybridized carbons (Fsp3) is 0.190. The maximum atomic E-state index is 12.6. The van der Waals surface area contributed by atoms with Gasteiger partial charge in [0.25, 0.3) is 0 Å². The van der Waals surface area contributed by atoms with Crippen LogP contribution < -0.4 is 0 Å². The minimum Gasteiger partial charge on any atom is -0.294 e. The van der Waals surface area contributed by atoms with Crippen molar-refractivity contribution in [1.82, 2.24) is 0 Å². The van der Waals surface area contributed by atoms with Crippen molar-refractivity contribution in [3.8, 4) is 0 Å². The van der Waals surface area contributed by atoms with Crippen LogP contribution in [0, 0.1) is 0 Å². The van der Waals surface area contributed by atoms with E-state index in [9.17, 15) is 4.79 Å². The highest BCUT2D eigenvalue weighted by Crippen LogP contribution is 2.26. The van der Waals surface area contributed by atoms with E-state index in [0.717, 1.165) is 17.4 Å². The lowest BCUT2D eigenvalue weighted by Gasteiger charge is -2.14. The number of fused-ring (bicyclic) bond motifs is 1. The van der Waals surface area contributed by atoms with Gasteiger partial charge < -0.3 is 0 Å². The number of benzene rings is 3. The molecule has 1 atom stereocenters. The molecule has 0 N–H and O–H groups in total. The van der Waals surface area contributed by atoms with Gasteiger partial charge in [0.1, 0.15) is 0 Å². The second kappa shape index (κ2) is 6.57. The van der Waals surface area contributed by atoms with Gasteiger partial charge in [-0.2, -0.15) is 0 Å². The Balaban J connectivity index is 1.83. The van der Waals surface area contributed by atoms with Crippen LogP contribution in [0.1, 0.15) is 41.6 Å². The van der Waals surface area contributed by atoms with Crippen molar-refractivity contribution in [2.45, 2.75) is 25.7 Å². The van der Waals surface area contributed by atoms with Gasteiger partial charge in [0, 0.05) is 12.0 Å². The lowest BCUT2D eigenvalue weighted by molar-refractivity contribution is 0.0973. The minimum atomic E-state index is 0.224. The van der Waals surface area contributed by atoms with E-state index >= 15 is 0 Å². The molecule has 110 valence electrons. The van der Waals surface area contributed by atoms with E-state index in [1.807, 2.05) is 48.5 Å². The number of Topliss-reactive ketones (excluding diaryl/α,β-unsaturated/α-hetero) is 1. The molecular formula is C21H20O. The quantitative estimate of drug-likeness (QED) is 0.558. The highest BCUT2D eigenvalue weighted by atomic mass is 16.1. The van der Waals surface area contributed by atoms with E-state index in [-0.39, 0.29) is 5.78 Å². The highest BCUT2D eigenvalue weighted by molar-refractivity contribution is 6.00. The molecule has 0 aliphatic rings. The smallest absolute Gasteiger partial charge is 0.163 e. The fourth-order valence-electron chi connectivity index (χ4n) is 2.93. The molecule has 0 aliphatic heterocycles. The summed E-state index contributed by atoms with van der Waals surface area (Å²) >= 11 is 0. The summed E-state index contributed by atoms with van der Waals surface area (Å²) < 4.78 is 0. The summed E-state index contributed by atoms with van der Waals surface area (Å²) in [4.78, 5) is 12.6. The molecule has 0 amide bonds. The van der Waals surface area contributed by atoms with E-state index in [1.165, 1.54) is 10.9 Å². The van der Waals surface area contributed by atoms with E-state index in [2.05, 4.69) is 31.2 Å². The summed E-state index contributed by atoms with van der Waals surface area (Å²) in [6.07, 6.45) is 1.54. The van der Waals surface area contributed by atoms with E-state index in [0.29, 0.717) is 12.3 Å². The molecule has 1 nitrogen and oxygen atoms in total. The summed E-state index contributed by atoms with van der Waals surface area (Å²) in [6, 6.07) is 24.5. The summed E-state index contributed by atoms with van der Waals surface area (Å²) in [5.41, 5.74) is 2.06. The van der Waals surface area contributed by atoms with Crippen LogP contribution in [0.5, 0.6) is 0 Å². The summed E-state index contributed by atoms with van der Waals surface area (Å²) in [5.74, 6) is 0.515. The monoisotopic (exact) mass is 288 g/mol. The molecule has 0 bridgehead atoms. The maximum Gasteiger partial charge on any atom is 0.163 e. The molecule has 22 heavy (non-hydrogen) atoms. The second-order valence-corrected chi connectivity index (χ2v) is 5.71. The Morgan fingerprint density at radius 2 is 1.55 bits per heavy atom. The second-order valence-electron chi connectivity index (χ2n) is 5.71.